The summed E-state index contributed by atoms with van der Waals surface area (Å²) in [5, 5.41) is 0.800. The molecular weight excluding hydrogens is 372 g/mol. The van der Waals surface area contributed by atoms with Crippen LogP contribution in [-0.2, 0) is 9.53 Å². The molecule has 1 aliphatic heterocycles. The van der Waals surface area contributed by atoms with E-state index in [1.807, 2.05) is 18.3 Å². The lowest BCUT2D eigenvalue weighted by Crippen LogP contribution is -2.33. The minimum atomic E-state index is 0.363. The van der Waals surface area contributed by atoms with Gasteiger partial charge in [-0.1, -0.05) is 35.9 Å². The lowest BCUT2D eigenvalue weighted by atomic mass is 9.76. The molecule has 0 radical (unpaired) electrons. The van der Waals surface area contributed by atoms with Gasteiger partial charge in [-0.05, 0) is 80.7 Å². The van der Waals surface area contributed by atoms with E-state index in [0.717, 1.165) is 5.02 Å². The molecule has 2 heterocycles. The van der Waals surface area contributed by atoms with Crippen LogP contribution in [-0.4, -0.2) is 43.1 Å². The van der Waals surface area contributed by atoms with Gasteiger partial charge in [-0.2, -0.15) is 0 Å². The number of hydrogen-bond donors (Lipinski definition) is 0. The standard InChI is InChI=1S/C20H21ClN2.C3H6O2/c1-23-11-8-14(9-12-23)19-18-7-6-17(21)13-16(18)5-4-15-3-2-10-22-20(15)19;1-2-5-3-4/h2-7,10,13-14,19H,8-9,11-12H2,1H3;3H,2H2,1H3. The highest BCUT2D eigenvalue weighted by molar-refractivity contribution is 6.30. The lowest BCUT2D eigenvalue weighted by Gasteiger charge is -2.35. The number of aromatic nitrogens is 1. The zero-order valence-corrected chi connectivity index (χ0v) is 17.2. The molecular formula is C23H27ClN2O2. The number of rotatable bonds is 3. The van der Waals surface area contributed by atoms with E-state index in [1.165, 1.54) is 48.3 Å². The molecule has 28 heavy (non-hydrogen) atoms. The molecule has 1 aromatic carbocycles. The monoisotopic (exact) mass is 398 g/mol. The topological polar surface area (TPSA) is 42.4 Å². The van der Waals surface area contributed by atoms with Crippen LogP contribution in [0.5, 0.6) is 0 Å². The van der Waals surface area contributed by atoms with Crippen LogP contribution < -0.4 is 0 Å². The van der Waals surface area contributed by atoms with Gasteiger partial charge in [0.2, 0.25) is 0 Å². The molecule has 1 saturated heterocycles. The lowest BCUT2D eigenvalue weighted by molar-refractivity contribution is -0.128. The average molecular weight is 399 g/mol. The number of carbonyl (C=O) groups excluding carboxylic acids is 1. The van der Waals surface area contributed by atoms with Gasteiger partial charge in [0, 0.05) is 17.1 Å². The predicted molar refractivity (Wildman–Crippen MR) is 114 cm³/mol. The molecule has 0 spiro atoms. The van der Waals surface area contributed by atoms with Crippen LogP contribution in [0.25, 0.3) is 12.2 Å². The van der Waals surface area contributed by atoms with Gasteiger partial charge in [0.05, 0.1) is 12.3 Å². The number of nitrogens with zero attached hydrogens (tertiary/aromatic N) is 2. The summed E-state index contributed by atoms with van der Waals surface area (Å²) in [4.78, 5) is 16.4. The SMILES string of the molecule is CCOC=O.CN1CCC(C2c3ccc(Cl)cc3C=Cc3cccnc32)CC1. The van der Waals surface area contributed by atoms with Gasteiger partial charge in [-0.15, -0.1) is 0 Å². The van der Waals surface area contributed by atoms with E-state index in [-0.39, 0.29) is 0 Å². The number of benzene rings is 1. The molecule has 1 aromatic heterocycles. The first kappa shape index (κ1) is 20.6. The number of halogens is 1. The van der Waals surface area contributed by atoms with E-state index in [4.69, 9.17) is 16.6 Å². The highest BCUT2D eigenvalue weighted by Gasteiger charge is 2.32. The molecule has 4 rings (SSSR count). The molecule has 1 unspecified atom stereocenters. The van der Waals surface area contributed by atoms with E-state index in [1.54, 1.807) is 6.92 Å². The van der Waals surface area contributed by atoms with Crippen molar-refractivity contribution in [3.8, 4) is 0 Å². The Balaban J connectivity index is 0.000000403. The van der Waals surface area contributed by atoms with Crippen LogP contribution in [0.4, 0.5) is 0 Å². The molecule has 1 atom stereocenters. The maximum absolute atomic E-state index is 9.18. The van der Waals surface area contributed by atoms with Gasteiger partial charge >= 0.3 is 0 Å². The zero-order valence-electron chi connectivity index (χ0n) is 16.5. The summed E-state index contributed by atoms with van der Waals surface area (Å²) < 4.78 is 4.15. The largest absolute Gasteiger partial charge is 0.468 e. The Morgan fingerprint density at radius 3 is 2.64 bits per heavy atom. The second-order valence-electron chi connectivity index (χ2n) is 7.25. The zero-order chi connectivity index (χ0) is 19.9. The maximum atomic E-state index is 9.18. The summed E-state index contributed by atoms with van der Waals surface area (Å²) in [6.45, 7) is 5.00. The van der Waals surface area contributed by atoms with Crippen LogP contribution >= 0.6 is 11.6 Å². The van der Waals surface area contributed by atoms with Gasteiger partial charge in [-0.3, -0.25) is 9.78 Å². The second-order valence-corrected chi connectivity index (χ2v) is 7.69. The average Bonchev–Trinajstić information content (AvgIpc) is 2.86. The predicted octanol–water partition coefficient (Wildman–Crippen LogP) is 4.87. The Morgan fingerprint density at radius 2 is 1.96 bits per heavy atom. The number of ether oxygens (including phenoxy) is 1. The molecule has 1 fully saturated rings. The van der Waals surface area contributed by atoms with Gasteiger partial charge in [0.25, 0.3) is 6.47 Å². The Kier molecular flexibility index (Phi) is 7.24. The van der Waals surface area contributed by atoms with Crippen molar-refractivity contribution in [3.63, 3.8) is 0 Å². The van der Waals surface area contributed by atoms with Crippen molar-refractivity contribution in [3.05, 3.63) is 63.9 Å². The fraction of sp³-hybridized carbons (Fsp3) is 0.391. The van der Waals surface area contributed by atoms with Crippen LogP contribution in [0.2, 0.25) is 5.02 Å². The molecule has 5 heteroatoms. The maximum Gasteiger partial charge on any atom is 0.293 e. The van der Waals surface area contributed by atoms with E-state index in [2.05, 4.69) is 47.0 Å². The van der Waals surface area contributed by atoms with Gasteiger partial charge in [-0.25, -0.2) is 0 Å². The van der Waals surface area contributed by atoms with E-state index in [9.17, 15) is 4.79 Å². The Bertz CT molecular complexity index is 829. The first-order valence-corrected chi connectivity index (χ1v) is 10.2. The number of piperidine rings is 1. The fourth-order valence-corrected chi connectivity index (χ4v) is 4.22. The van der Waals surface area contributed by atoms with Crippen molar-refractivity contribution in [1.82, 2.24) is 9.88 Å². The molecule has 0 N–H and O–H groups in total. The molecule has 0 saturated carbocycles. The van der Waals surface area contributed by atoms with Crippen LogP contribution in [0, 0.1) is 5.92 Å². The summed E-state index contributed by atoms with van der Waals surface area (Å²) in [5.41, 5.74) is 5.07. The molecule has 0 amide bonds. The van der Waals surface area contributed by atoms with Crippen molar-refractivity contribution in [2.45, 2.75) is 25.7 Å². The van der Waals surface area contributed by atoms with E-state index >= 15 is 0 Å². The quantitative estimate of drug-likeness (QED) is 0.691. The normalized spacial score (nSPS) is 18.9. The van der Waals surface area contributed by atoms with Gasteiger partial charge in [0.15, 0.2) is 0 Å². The van der Waals surface area contributed by atoms with E-state index < -0.39 is 0 Å². The summed E-state index contributed by atoms with van der Waals surface area (Å²) in [6, 6.07) is 10.5. The second kappa shape index (κ2) is 9.85. The highest BCUT2D eigenvalue weighted by atomic mass is 35.5. The first-order chi connectivity index (χ1) is 13.6. The minimum Gasteiger partial charge on any atom is -0.468 e. The molecule has 2 aliphatic rings. The summed E-state index contributed by atoms with van der Waals surface area (Å²) in [5.74, 6) is 1.00. The van der Waals surface area contributed by atoms with Crippen molar-refractivity contribution in [2.24, 2.45) is 5.92 Å². The Labute approximate surface area is 172 Å². The number of pyridine rings is 1. The van der Waals surface area contributed by atoms with E-state index in [0.29, 0.717) is 24.9 Å². The molecule has 148 valence electrons. The Hall–Kier alpha value is -2.17. The van der Waals surface area contributed by atoms with Crippen LogP contribution in [0.1, 0.15) is 48.1 Å². The first-order valence-electron chi connectivity index (χ1n) is 9.80. The smallest absolute Gasteiger partial charge is 0.293 e. The number of fused-ring (bicyclic) bond motifs is 2. The van der Waals surface area contributed by atoms with Gasteiger partial charge < -0.3 is 9.64 Å². The summed E-state index contributed by atoms with van der Waals surface area (Å²) >= 11 is 6.24. The molecule has 4 nitrogen and oxygen atoms in total. The van der Waals surface area contributed by atoms with Crippen molar-refractivity contribution >= 4 is 30.2 Å². The molecule has 1 aliphatic carbocycles. The van der Waals surface area contributed by atoms with Crippen molar-refractivity contribution < 1.29 is 9.53 Å². The number of hydrogen-bond acceptors (Lipinski definition) is 4. The summed E-state index contributed by atoms with van der Waals surface area (Å²) in [7, 11) is 2.21. The Morgan fingerprint density at radius 1 is 1.21 bits per heavy atom. The molecule has 2 aromatic rings. The van der Waals surface area contributed by atoms with Crippen molar-refractivity contribution in [1.29, 1.82) is 0 Å². The van der Waals surface area contributed by atoms with Crippen LogP contribution in [0.15, 0.2) is 36.5 Å². The fourth-order valence-electron chi connectivity index (χ4n) is 4.04. The molecule has 0 bridgehead atoms. The van der Waals surface area contributed by atoms with Crippen LogP contribution in [0.3, 0.4) is 0 Å². The third-order valence-electron chi connectivity index (χ3n) is 5.46. The third kappa shape index (κ3) is 4.81. The van der Waals surface area contributed by atoms with Crippen molar-refractivity contribution in [2.75, 3.05) is 26.7 Å². The number of carbonyl (C=O) groups is 1. The third-order valence-corrected chi connectivity index (χ3v) is 5.70. The highest BCUT2D eigenvalue weighted by Crippen LogP contribution is 2.42. The minimum absolute atomic E-state index is 0.363. The summed E-state index contributed by atoms with van der Waals surface area (Å²) in [6.07, 6.45) is 8.75. The number of likely N-dealkylation sites (tertiary alicyclic amines) is 1. The van der Waals surface area contributed by atoms with Gasteiger partial charge in [0.1, 0.15) is 0 Å².